The molecule has 0 amide bonds. The maximum atomic E-state index is 10.2. The molecule has 0 fully saturated rings. The molecule has 5 aromatic rings. The molecule has 0 unspecified atom stereocenters. The molecule has 0 atom stereocenters. The van der Waals surface area contributed by atoms with Crippen LogP contribution in [-0.4, -0.2) is 72.2 Å². The van der Waals surface area contributed by atoms with E-state index in [9.17, 15) is 14.4 Å². The van der Waals surface area contributed by atoms with Crippen molar-refractivity contribution in [2.45, 2.75) is 41.5 Å². The second-order valence-electron chi connectivity index (χ2n) is 7.09. The third-order valence-corrected chi connectivity index (χ3v) is 3.36. The molecular weight excluding hydrogens is 926 g/mol. The maximum absolute atomic E-state index is 10.2. The predicted octanol–water partition coefficient (Wildman–Crippen LogP) is 1.95. The van der Waals surface area contributed by atoms with E-state index in [-0.39, 0.29) is 191 Å². The number of aromatic nitrogens is 12. The van der Waals surface area contributed by atoms with Gasteiger partial charge in [0.05, 0.1) is 0 Å². The van der Waals surface area contributed by atoms with Crippen molar-refractivity contribution in [2.75, 3.05) is 0 Å². The third kappa shape index (κ3) is 47.0. The number of nitrogens with zero attached hydrogens (tertiary/aromatic N) is 5. The molecular formula is C26H47N15O3Y4-8. The first-order valence-corrected chi connectivity index (χ1v) is 10.9. The number of hydrazone groups is 1. The Morgan fingerprint density at radius 1 is 0.812 bits per heavy atom. The molecule has 0 saturated carbocycles. The molecule has 5 aromatic heterocycles. The van der Waals surface area contributed by atoms with Crippen molar-refractivity contribution in [3.8, 4) is 0 Å². The number of rotatable bonds is 1. The summed E-state index contributed by atoms with van der Waals surface area (Å²) in [5.74, 6) is 6.07. The molecule has 0 saturated heterocycles. The fourth-order valence-electron chi connectivity index (χ4n) is 1.82. The molecule has 5 rings (SSSR count). The average Bonchev–Trinajstić information content (AvgIpc) is 3.70. The molecule has 18 nitrogen and oxygen atoms in total. The van der Waals surface area contributed by atoms with Crippen molar-refractivity contribution < 1.29 is 131 Å². The molecule has 4 radical (unpaired) electrons. The first-order chi connectivity index (χ1) is 18.4. The van der Waals surface area contributed by atoms with Crippen LogP contribution in [0.2, 0.25) is 0 Å². The Morgan fingerprint density at radius 2 is 1.40 bits per heavy atom. The Morgan fingerprint density at radius 3 is 1.50 bits per heavy atom. The molecule has 5 heterocycles. The van der Waals surface area contributed by atoms with E-state index in [2.05, 4.69) is 89.8 Å². The molecule has 0 spiro atoms. The number of hydrogen-bond donors (Lipinski definition) is 10. The van der Waals surface area contributed by atoms with Crippen LogP contribution in [0.1, 0.15) is 35.7 Å². The summed E-state index contributed by atoms with van der Waals surface area (Å²) in [6.45, 7) is 10.6. The van der Waals surface area contributed by atoms with E-state index in [1.165, 1.54) is 6.33 Å². The van der Waals surface area contributed by atoms with Gasteiger partial charge in [-0.15, -0.1) is 11.9 Å². The fraction of sp³-hybridized carbons (Fsp3) is 0.231. The molecule has 48 heavy (non-hydrogen) atoms. The zero-order chi connectivity index (χ0) is 29.6. The number of hydrogen-bond acceptors (Lipinski definition) is 10. The van der Waals surface area contributed by atoms with Crippen LogP contribution < -0.4 is 22.9 Å². The summed E-state index contributed by atoms with van der Waals surface area (Å²) < 4.78 is 0. The largest absolute Gasteiger partial charge is 0.477 e. The normalized spacial score (nSPS) is 7.46. The second-order valence-corrected chi connectivity index (χ2v) is 7.09. The van der Waals surface area contributed by atoms with Crippen molar-refractivity contribution in [3.63, 3.8) is 0 Å². The quantitative estimate of drug-likeness (QED) is 0.0512. The van der Waals surface area contributed by atoms with E-state index >= 15 is 0 Å². The summed E-state index contributed by atoms with van der Waals surface area (Å²) in [4.78, 5) is 52.9. The Bertz CT molecular complexity index is 1340. The molecule has 0 bridgehead atoms. The van der Waals surface area contributed by atoms with Gasteiger partial charge in [-0.1, -0.05) is 24.6 Å². The zero-order valence-corrected chi connectivity index (χ0v) is 40.9. The smallest absolute Gasteiger partial charge is 0.340 e. The number of nitrogens with one attached hydrogen (secondary N) is 9. The second kappa shape index (κ2) is 45.9. The standard InChI is InChI=1S/C4H6N2O.C4H5N2O.C4H5N2.C3H5N3O.C3H5N3.C3H6N3.5CH3.4Y/c2*1-3-2-5-4(7)6-3;1-4-2-5-3-6-4;1-2-4-3(7)6-5-2;1-3-4-2-5-6-3;1-3(4)2-6-5;;;;;;;;;/h2H,1H3,(H2,5,6,7);1H3,(H2,5,6,7);3H,1H3,(H,5,6);1H3,(H2,4,5,6,7);2H,1H3,(H,4,5,6);4H,5H2,1H3;5*1H3;;;;/q;2*-1;;;6*-1;;;;. The molecule has 0 aliphatic heterocycles. The van der Waals surface area contributed by atoms with Crippen LogP contribution in [0.4, 0.5) is 0 Å². The van der Waals surface area contributed by atoms with E-state index in [4.69, 9.17) is 5.41 Å². The minimum atomic E-state index is -0.252. The van der Waals surface area contributed by atoms with E-state index < -0.39 is 0 Å². The van der Waals surface area contributed by atoms with E-state index in [0.29, 0.717) is 5.82 Å². The average molecular weight is 973 g/mol. The van der Waals surface area contributed by atoms with Crippen LogP contribution >= 0.6 is 0 Å². The zero-order valence-electron chi connectivity index (χ0n) is 29.6. The van der Waals surface area contributed by atoms with Crippen molar-refractivity contribution in [2.24, 2.45) is 10.9 Å². The molecule has 0 aliphatic carbocycles. The summed E-state index contributed by atoms with van der Waals surface area (Å²) >= 11 is 0. The number of H-pyrrole nitrogens is 8. The van der Waals surface area contributed by atoms with Gasteiger partial charge in [0.1, 0.15) is 18.0 Å². The third-order valence-electron chi connectivity index (χ3n) is 3.36. The molecule has 264 valence electrons. The van der Waals surface area contributed by atoms with Gasteiger partial charge in [0.15, 0.2) is 5.69 Å². The van der Waals surface area contributed by atoms with E-state index in [1.807, 2.05) is 20.8 Å². The van der Waals surface area contributed by atoms with Crippen LogP contribution in [0.3, 0.4) is 0 Å². The Balaban J connectivity index is -0.0000000436. The molecule has 0 aromatic carbocycles. The van der Waals surface area contributed by atoms with Crippen LogP contribution in [-0.2, 0) is 131 Å². The van der Waals surface area contributed by atoms with Crippen molar-refractivity contribution in [3.05, 3.63) is 129 Å². The van der Waals surface area contributed by atoms with Gasteiger partial charge in [0, 0.05) is 143 Å². The van der Waals surface area contributed by atoms with Gasteiger partial charge in [-0.3, -0.25) is 10.1 Å². The van der Waals surface area contributed by atoms with Gasteiger partial charge in [0.2, 0.25) is 0 Å². The Hall–Kier alpha value is -1.13. The van der Waals surface area contributed by atoms with Crippen LogP contribution in [0.25, 0.3) is 0 Å². The molecule has 11 N–H and O–H groups in total. The first kappa shape index (κ1) is 72.5. The van der Waals surface area contributed by atoms with Gasteiger partial charge in [-0.2, -0.15) is 16.4 Å². The van der Waals surface area contributed by atoms with Crippen LogP contribution in [0, 0.1) is 89.6 Å². The maximum Gasteiger partial charge on any atom is 0.340 e. The minimum absolute atomic E-state index is 0. The van der Waals surface area contributed by atoms with E-state index in [1.54, 1.807) is 33.3 Å². The van der Waals surface area contributed by atoms with Crippen LogP contribution in [0.15, 0.2) is 38.3 Å². The summed E-state index contributed by atoms with van der Waals surface area (Å²) in [7, 11) is 0. The minimum Gasteiger partial charge on any atom is -0.477 e. The number of aromatic amines is 8. The van der Waals surface area contributed by atoms with Gasteiger partial charge >= 0.3 is 11.4 Å². The summed E-state index contributed by atoms with van der Waals surface area (Å²) in [5, 5.41) is 21.5. The van der Waals surface area contributed by atoms with Crippen molar-refractivity contribution in [1.82, 2.24) is 60.3 Å². The summed E-state index contributed by atoms with van der Waals surface area (Å²) in [6.07, 6.45) is 12.2. The SMILES string of the molecule is CC(=N)[C-]=NN.Cc1[c-][nH]c(=O)[nH]1.Cc1[c-]nc[nH]1.Cc1c[nH]c(=O)[nH]1.Cc1n[nH]c(=O)[nH]1.Cc1ncn[nH]1.[CH3-].[CH3-].[CH3-].[CH3-].[CH3-].[Y].[Y].[Y].[Y]. The van der Waals surface area contributed by atoms with Crippen LogP contribution in [0.5, 0.6) is 0 Å². The molecule has 0 aliphatic rings. The predicted molar refractivity (Wildman–Crippen MR) is 175 cm³/mol. The van der Waals surface area contributed by atoms with Crippen molar-refractivity contribution >= 4 is 11.9 Å². The number of nitrogens with two attached hydrogens (primary N) is 1. The number of imidazole rings is 3. The summed E-state index contributed by atoms with van der Waals surface area (Å²) in [5.41, 5.74) is 2.25. The van der Waals surface area contributed by atoms with Gasteiger partial charge in [-0.05, 0) is 34.6 Å². The fourth-order valence-corrected chi connectivity index (χ4v) is 1.82. The van der Waals surface area contributed by atoms with Gasteiger partial charge < -0.3 is 94.4 Å². The number of aryl methyl sites for hydroxylation is 5. The molecule has 22 heteroatoms. The monoisotopic (exact) mass is 973 g/mol. The summed E-state index contributed by atoms with van der Waals surface area (Å²) in [6, 6.07) is 0. The van der Waals surface area contributed by atoms with Gasteiger partial charge in [-0.25, -0.2) is 19.7 Å². The first-order valence-electron chi connectivity index (χ1n) is 10.9. The Labute approximate surface area is 384 Å². The van der Waals surface area contributed by atoms with Gasteiger partial charge in [0.25, 0.3) is 0 Å². The van der Waals surface area contributed by atoms with Crippen molar-refractivity contribution in [1.29, 1.82) is 5.41 Å². The topological polar surface area (TPSA) is 291 Å². The Kier molecular flexibility index (Phi) is 69.3. The van der Waals surface area contributed by atoms with E-state index in [0.717, 1.165) is 22.9 Å².